The molecule has 0 unspecified atom stereocenters. The summed E-state index contributed by atoms with van der Waals surface area (Å²) < 4.78 is 0. The molecule has 0 N–H and O–H groups in total. The number of rotatable bonds is 6. The van der Waals surface area contributed by atoms with Crippen molar-refractivity contribution in [2.24, 2.45) is 5.92 Å². The standard InChI is InChI=1S/C11H19ClN2S/c1-9(2)7-14(3)5-4-11-13-10(6-12)8-15-11/h8-9H,4-7H2,1-3H3. The maximum absolute atomic E-state index is 5.71. The fourth-order valence-corrected chi connectivity index (χ4v) is 2.54. The predicted octanol–water partition coefficient (Wildman–Crippen LogP) is 3.01. The maximum Gasteiger partial charge on any atom is 0.0941 e. The van der Waals surface area contributed by atoms with Crippen LogP contribution in [0.3, 0.4) is 0 Å². The van der Waals surface area contributed by atoms with E-state index >= 15 is 0 Å². The van der Waals surface area contributed by atoms with Gasteiger partial charge in [0.2, 0.25) is 0 Å². The van der Waals surface area contributed by atoms with Gasteiger partial charge in [0.1, 0.15) is 0 Å². The highest BCUT2D eigenvalue weighted by Crippen LogP contribution is 2.12. The number of hydrogen-bond donors (Lipinski definition) is 0. The highest BCUT2D eigenvalue weighted by molar-refractivity contribution is 7.09. The maximum atomic E-state index is 5.71. The van der Waals surface area contributed by atoms with Crippen LogP contribution in [0.25, 0.3) is 0 Å². The van der Waals surface area contributed by atoms with E-state index in [0.29, 0.717) is 5.88 Å². The summed E-state index contributed by atoms with van der Waals surface area (Å²) in [4.78, 5) is 6.79. The average Bonchev–Trinajstić information content (AvgIpc) is 2.61. The van der Waals surface area contributed by atoms with Gasteiger partial charge < -0.3 is 4.90 Å². The lowest BCUT2D eigenvalue weighted by Crippen LogP contribution is -2.25. The van der Waals surface area contributed by atoms with Crippen molar-refractivity contribution in [2.45, 2.75) is 26.1 Å². The molecule has 0 saturated heterocycles. The zero-order valence-electron chi connectivity index (χ0n) is 9.66. The zero-order valence-corrected chi connectivity index (χ0v) is 11.2. The van der Waals surface area contributed by atoms with E-state index < -0.39 is 0 Å². The molecule has 1 rings (SSSR count). The van der Waals surface area contributed by atoms with Crippen molar-refractivity contribution in [3.63, 3.8) is 0 Å². The van der Waals surface area contributed by atoms with Crippen LogP contribution in [0.4, 0.5) is 0 Å². The number of halogens is 1. The van der Waals surface area contributed by atoms with Gasteiger partial charge in [0.15, 0.2) is 0 Å². The molecule has 15 heavy (non-hydrogen) atoms. The van der Waals surface area contributed by atoms with E-state index in [0.717, 1.165) is 31.1 Å². The first-order valence-corrected chi connectivity index (χ1v) is 6.71. The number of alkyl halides is 1. The summed E-state index contributed by atoms with van der Waals surface area (Å²) in [7, 11) is 2.16. The van der Waals surface area contributed by atoms with E-state index in [4.69, 9.17) is 11.6 Å². The first-order valence-electron chi connectivity index (χ1n) is 5.29. The summed E-state index contributed by atoms with van der Waals surface area (Å²) in [6.07, 6.45) is 1.03. The van der Waals surface area contributed by atoms with E-state index in [-0.39, 0.29) is 0 Å². The number of nitrogens with zero attached hydrogens (tertiary/aromatic N) is 2. The smallest absolute Gasteiger partial charge is 0.0941 e. The second-order valence-electron chi connectivity index (χ2n) is 4.27. The van der Waals surface area contributed by atoms with Crippen molar-refractivity contribution in [1.82, 2.24) is 9.88 Å². The van der Waals surface area contributed by atoms with Gasteiger partial charge in [-0.1, -0.05) is 13.8 Å². The molecule has 0 bridgehead atoms. The van der Waals surface area contributed by atoms with Gasteiger partial charge in [0.25, 0.3) is 0 Å². The largest absolute Gasteiger partial charge is 0.306 e. The summed E-state index contributed by atoms with van der Waals surface area (Å²) in [6, 6.07) is 0. The Bertz CT molecular complexity index is 286. The van der Waals surface area contributed by atoms with Crippen LogP contribution in [0.5, 0.6) is 0 Å². The Morgan fingerprint density at radius 1 is 1.53 bits per heavy atom. The van der Waals surface area contributed by atoms with E-state index in [2.05, 4.69) is 30.8 Å². The van der Waals surface area contributed by atoms with E-state index in [1.807, 2.05) is 5.38 Å². The molecule has 0 amide bonds. The molecule has 0 aliphatic rings. The molecule has 0 aromatic carbocycles. The predicted molar refractivity (Wildman–Crippen MR) is 67.7 cm³/mol. The van der Waals surface area contributed by atoms with Crippen LogP contribution in [0, 0.1) is 5.92 Å². The Morgan fingerprint density at radius 3 is 2.80 bits per heavy atom. The Kier molecular flexibility index (Phi) is 5.58. The molecule has 86 valence electrons. The molecule has 4 heteroatoms. The summed E-state index contributed by atoms with van der Waals surface area (Å²) >= 11 is 7.42. The molecule has 0 aliphatic carbocycles. The van der Waals surface area contributed by atoms with Crippen LogP contribution in [0.1, 0.15) is 24.5 Å². The Morgan fingerprint density at radius 2 is 2.27 bits per heavy atom. The summed E-state index contributed by atoms with van der Waals surface area (Å²) in [5.74, 6) is 1.25. The highest BCUT2D eigenvalue weighted by atomic mass is 35.5. The van der Waals surface area contributed by atoms with Crippen LogP contribution in [-0.2, 0) is 12.3 Å². The van der Waals surface area contributed by atoms with E-state index in [1.54, 1.807) is 11.3 Å². The first kappa shape index (κ1) is 12.9. The third kappa shape index (κ3) is 4.96. The molecule has 1 aromatic rings. The SMILES string of the molecule is CC(C)CN(C)CCc1nc(CCl)cs1. The molecule has 0 fully saturated rings. The van der Waals surface area contributed by atoms with Crippen LogP contribution in [-0.4, -0.2) is 30.0 Å². The number of aromatic nitrogens is 1. The Balaban J connectivity index is 2.30. The van der Waals surface area contributed by atoms with Gasteiger partial charge in [-0.05, 0) is 13.0 Å². The van der Waals surface area contributed by atoms with Gasteiger partial charge in [-0.25, -0.2) is 4.98 Å². The van der Waals surface area contributed by atoms with Crippen LogP contribution < -0.4 is 0 Å². The molecule has 0 aliphatic heterocycles. The van der Waals surface area contributed by atoms with Gasteiger partial charge in [-0.2, -0.15) is 0 Å². The lowest BCUT2D eigenvalue weighted by atomic mass is 10.2. The van der Waals surface area contributed by atoms with Crippen molar-refractivity contribution < 1.29 is 0 Å². The van der Waals surface area contributed by atoms with Crippen molar-refractivity contribution in [3.05, 3.63) is 16.1 Å². The van der Waals surface area contributed by atoms with Gasteiger partial charge >= 0.3 is 0 Å². The lowest BCUT2D eigenvalue weighted by Gasteiger charge is -2.17. The third-order valence-electron chi connectivity index (χ3n) is 2.12. The highest BCUT2D eigenvalue weighted by Gasteiger charge is 2.04. The minimum atomic E-state index is 0.526. The van der Waals surface area contributed by atoms with Crippen LogP contribution in [0.2, 0.25) is 0 Å². The van der Waals surface area contributed by atoms with Crippen molar-refractivity contribution in [3.8, 4) is 0 Å². The zero-order chi connectivity index (χ0) is 11.3. The van der Waals surface area contributed by atoms with Crippen molar-refractivity contribution >= 4 is 22.9 Å². The first-order chi connectivity index (χ1) is 7.11. The van der Waals surface area contributed by atoms with Gasteiger partial charge in [-0.15, -0.1) is 22.9 Å². The molecular weight excluding hydrogens is 228 g/mol. The van der Waals surface area contributed by atoms with Gasteiger partial charge in [0.05, 0.1) is 16.6 Å². The Labute approximate surface area is 101 Å². The number of thiazole rings is 1. The number of hydrogen-bond acceptors (Lipinski definition) is 3. The van der Waals surface area contributed by atoms with Crippen molar-refractivity contribution in [1.29, 1.82) is 0 Å². The molecule has 0 atom stereocenters. The number of likely N-dealkylation sites (N-methyl/N-ethyl adjacent to an activating group) is 1. The van der Waals surface area contributed by atoms with Crippen LogP contribution >= 0.6 is 22.9 Å². The lowest BCUT2D eigenvalue weighted by molar-refractivity contribution is 0.299. The molecular formula is C11H19ClN2S. The van der Waals surface area contributed by atoms with Gasteiger partial charge in [-0.3, -0.25) is 0 Å². The summed E-state index contributed by atoms with van der Waals surface area (Å²) in [5.41, 5.74) is 1.00. The second-order valence-corrected chi connectivity index (χ2v) is 5.48. The molecule has 0 saturated carbocycles. The van der Waals surface area contributed by atoms with Crippen LogP contribution in [0.15, 0.2) is 5.38 Å². The quantitative estimate of drug-likeness (QED) is 0.718. The summed E-state index contributed by atoms with van der Waals surface area (Å²) in [6.45, 7) is 6.71. The minimum absolute atomic E-state index is 0.526. The fraction of sp³-hybridized carbons (Fsp3) is 0.727. The Hall–Kier alpha value is -0.120. The minimum Gasteiger partial charge on any atom is -0.306 e. The normalized spacial score (nSPS) is 11.6. The molecule has 1 aromatic heterocycles. The molecule has 0 radical (unpaired) electrons. The topological polar surface area (TPSA) is 16.1 Å². The second kappa shape index (κ2) is 6.46. The van der Waals surface area contributed by atoms with E-state index in [1.165, 1.54) is 5.01 Å². The van der Waals surface area contributed by atoms with Gasteiger partial charge in [0, 0.05) is 24.9 Å². The summed E-state index contributed by atoms with van der Waals surface area (Å²) in [5, 5.41) is 3.24. The molecule has 1 heterocycles. The fourth-order valence-electron chi connectivity index (χ4n) is 1.53. The third-order valence-corrected chi connectivity index (χ3v) is 3.35. The van der Waals surface area contributed by atoms with Crippen molar-refractivity contribution in [2.75, 3.05) is 20.1 Å². The monoisotopic (exact) mass is 246 g/mol. The molecule has 2 nitrogen and oxygen atoms in total. The average molecular weight is 247 g/mol. The van der Waals surface area contributed by atoms with E-state index in [9.17, 15) is 0 Å². The molecule has 0 spiro atoms.